The van der Waals surface area contributed by atoms with Gasteiger partial charge in [0.15, 0.2) is 0 Å². The number of nitrogens with zero attached hydrogens (tertiary/aromatic N) is 3. The summed E-state index contributed by atoms with van der Waals surface area (Å²) < 4.78 is 12.1. The number of aromatic nitrogens is 2. The number of para-hydroxylation sites is 1. The summed E-state index contributed by atoms with van der Waals surface area (Å²) in [5.74, 6) is 0.337. The van der Waals surface area contributed by atoms with Crippen molar-refractivity contribution in [2.24, 2.45) is 0 Å². The molecule has 0 spiro atoms. The molecule has 0 saturated heterocycles. The molecule has 0 atom stereocenters. The molecule has 7 nitrogen and oxygen atoms in total. The summed E-state index contributed by atoms with van der Waals surface area (Å²) in [6, 6.07) is 20.6. The van der Waals surface area contributed by atoms with Crippen LogP contribution < -0.4 is 4.90 Å². The molecule has 4 rings (SSSR count). The molecule has 2 heterocycles. The summed E-state index contributed by atoms with van der Waals surface area (Å²) in [5, 5.41) is 4.65. The third kappa shape index (κ3) is 4.93. The molecule has 4 aromatic rings. The van der Waals surface area contributed by atoms with Gasteiger partial charge in [0.1, 0.15) is 5.76 Å². The fourth-order valence-electron chi connectivity index (χ4n) is 3.97. The Morgan fingerprint density at radius 2 is 1.74 bits per heavy atom. The fraction of sp³-hybridized carbons (Fsp3) is 0.222. The zero-order valence-electron chi connectivity index (χ0n) is 19.5. The third-order valence-corrected chi connectivity index (χ3v) is 5.81. The largest absolute Gasteiger partial charge is 0.469 e. The van der Waals surface area contributed by atoms with Crippen molar-refractivity contribution < 1.29 is 18.7 Å². The molecule has 0 bridgehead atoms. The lowest BCUT2D eigenvalue weighted by atomic mass is 10.1. The molecular formula is C27H27N3O4. The second-order valence-corrected chi connectivity index (χ2v) is 7.99. The van der Waals surface area contributed by atoms with Crippen LogP contribution in [0, 0.1) is 13.8 Å². The number of esters is 1. The maximum absolute atomic E-state index is 13.4. The van der Waals surface area contributed by atoms with Gasteiger partial charge in [0.2, 0.25) is 0 Å². The molecule has 0 N–H and O–H groups in total. The normalized spacial score (nSPS) is 10.8. The van der Waals surface area contributed by atoms with Crippen LogP contribution in [0.3, 0.4) is 0 Å². The number of amides is 1. The zero-order valence-corrected chi connectivity index (χ0v) is 19.5. The molecule has 34 heavy (non-hydrogen) atoms. The Morgan fingerprint density at radius 1 is 1.00 bits per heavy atom. The summed E-state index contributed by atoms with van der Waals surface area (Å²) >= 11 is 0. The van der Waals surface area contributed by atoms with E-state index in [1.165, 1.54) is 7.11 Å². The predicted molar refractivity (Wildman–Crippen MR) is 129 cm³/mol. The van der Waals surface area contributed by atoms with Gasteiger partial charge in [-0.1, -0.05) is 18.2 Å². The van der Waals surface area contributed by atoms with Crippen LogP contribution in [-0.4, -0.2) is 28.8 Å². The highest BCUT2D eigenvalue weighted by Crippen LogP contribution is 2.23. The number of ether oxygens (including phenoxy) is 1. The number of furan rings is 1. The Kier molecular flexibility index (Phi) is 6.92. The molecule has 2 aromatic heterocycles. The summed E-state index contributed by atoms with van der Waals surface area (Å²) in [5.41, 5.74) is 5.06. The molecule has 0 aliphatic rings. The Bertz CT molecular complexity index is 1260. The van der Waals surface area contributed by atoms with Crippen LogP contribution >= 0.6 is 0 Å². The average molecular weight is 458 g/mol. The van der Waals surface area contributed by atoms with Crippen LogP contribution in [0.1, 0.15) is 39.5 Å². The number of hydrogen-bond donors (Lipinski definition) is 0. The Morgan fingerprint density at radius 3 is 2.38 bits per heavy atom. The van der Waals surface area contributed by atoms with E-state index in [1.807, 2.05) is 73.1 Å². The van der Waals surface area contributed by atoms with Crippen molar-refractivity contribution in [1.29, 1.82) is 0 Å². The van der Waals surface area contributed by atoms with E-state index < -0.39 is 0 Å². The quantitative estimate of drug-likeness (QED) is 0.347. The molecule has 1 amide bonds. The van der Waals surface area contributed by atoms with Gasteiger partial charge in [0, 0.05) is 23.4 Å². The minimum absolute atomic E-state index is 0.124. The van der Waals surface area contributed by atoms with E-state index in [1.54, 1.807) is 23.3 Å². The third-order valence-electron chi connectivity index (χ3n) is 5.81. The van der Waals surface area contributed by atoms with Gasteiger partial charge >= 0.3 is 5.97 Å². The van der Waals surface area contributed by atoms with Gasteiger partial charge < -0.3 is 14.1 Å². The number of carbonyl (C=O) groups is 2. The van der Waals surface area contributed by atoms with Crippen molar-refractivity contribution in [3.05, 3.63) is 101 Å². The van der Waals surface area contributed by atoms with Gasteiger partial charge in [-0.05, 0) is 74.4 Å². The molecule has 0 fully saturated rings. The number of aryl methyl sites for hydroxylation is 1. The Balaban J connectivity index is 1.58. The minimum atomic E-state index is -0.244. The maximum Gasteiger partial charge on any atom is 0.305 e. The first kappa shape index (κ1) is 23.0. The van der Waals surface area contributed by atoms with E-state index in [2.05, 4.69) is 5.10 Å². The van der Waals surface area contributed by atoms with Gasteiger partial charge in [-0.3, -0.25) is 9.59 Å². The summed E-state index contributed by atoms with van der Waals surface area (Å²) in [6.07, 6.45) is 2.48. The topological polar surface area (TPSA) is 77.6 Å². The first-order chi connectivity index (χ1) is 16.5. The number of benzene rings is 2. The van der Waals surface area contributed by atoms with Crippen molar-refractivity contribution in [2.45, 2.75) is 33.2 Å². The standard InChI is InChI=1S/C27H27N3O4/c1-19-25(15-16-26(31)33-3)20(2)30(28-19)23-13-11-21(12-14-23)27(32)29(18-24-10-7-17-34-24)22-8-5-4-6-9-22/h4-14,17H,15-16,18H2,1-3H3. The summed E-state index contributed by atoms with van der Waals surface area (Å²) in [7, 11) is 1.39. The molecule has 0 saturated carbocycles. The van der Waals surface area contributed by atoms with Crippen LogP contribution in [0.4, 0.5) is 5.69 Å². The van der Waals surface area contributed by atoms with Crippen LogP contribution in [0.25, 0.3) is 5.69 Å². The number of rotatable bonds is 8. The maximum atomic E-state index is 13.4. The van der Waals surface area contributed by atoms with Crippen molar-refractivity contribution in [1.82, 2.24) is 9.78 Å². The van der Waals surface area contributed by atoms with E-state index in [9.17, 15) is 9.59 Å². The zero-order chi connectivity index (χ0) is 24.1. The van der Waals surface area contributed by atoms with Crippen LogP contribution in [-0.2, 0) is 22.5 Å². The molecule has 0 radical (unpaired) electrons. The average Bonchev–Trinajstić information content (AvgIpc) is 3.48. The van der Waals surface area contributed by atoms with Gasteiger partial charge in [-0.15, -0.1) is 0 Å². The number of methoxy groups -OCH3 is 1. The summed E-state index contributed by atoms with van der Waals surface area (Å²) in [6.45, 7) is 4.24. The second-order valence-electron chi connectivity index (χ2n) is 7.99. The van der Waals surface area contributed by atoms with Crippen LogP contribution in [0.5, 0.6) is 0 Å². The first-order valence-electron chi connectivity index (χ1n) is 11.1. The molecule has 2 aromatic carbocycles. The lowest BCUT2D eigenvalue weighted by Crippen LogP contribution is -2.30. The highest BCUT2D eigenvalue weighted by Gasteiger charge is 2.20. The molecular weight excluding hydrogens is 430 g/mol. The van der Waals surface area contributed by atoms with E-state index >= 15 is 0 Å². The molecule has 174 valence electrons. The smallest absolute Gasteiger partial charge is 0.305 e. The van der Waals surface area contributed by atoms with Gasteiger partial charge in [-0.2, -0.15) is 5.10 Å². The number of carbonyl (C=O) groups excluding carboxylic acids is 2. The van der Waals surface area contributed by atoms with Crippen molar-refractivity contribution in [3.63, 3.8) is 0 Å². The fourth-order valence-corrected chi connectivity index (χ4v) is 3.97. The van der Waals surface area contributed by atoms with Gasteiger partial charge in [0.05, 0.1) is 31.3 Å². The van der Waals surface area contributed by atoms with E-state index in [4.69, 9.17) is 9.15 Å². The van der Waals surface area contributed by atoms with Crippen molar-refractivity contribution >= 4 is 17.6 Å². The summed E-state index contributed by atoms with van der Waals surface area (Å²) in [4.78, 5) is 26.7. The number of anilines is 1. The van der Waals surface area contributed by atoms with E-state index in [0.29, 0.717) is 30.7 Å². The van der Waals surface area contributed by atoms with Crippen LogP contribution in [0.2, 0.25) is 0 Å². The highest BCUT2D eigenvalue weighted by molar-refractivity contribution is 6.06. The van der Waals surface area contributed by atoms with Crippen LogP contribution in [0.15, 0.2) is 77.4 Å². The van der Waals surface area contributed by atoms with E-state index in [-0.39, 0.29) is 11.9 Å². The molecule has 0 aliphatic carbocycles. The number of hydrogen-bond acceptors (Lipinski definition) is 5. The molecule has 7 heteroatoms. The SMILES string of the molecule is COC(=O)CCc1c(C)nn(-c2ccc(C(=O)N(Cc3ccco3)c3ccccc3)cc2)c1C. The molecule has 0 unspecified atom stereocenters. The monoisotopic (exact) mass is 457 g/mol. The lowest BCUT2D eigenvalue weighted by Gasteiger charge is -2.22. The van der Waals surface area contributed by atoms with Crippen molar-refractivity contribution in [2.75, 3.05) is 12.0 Å². The van der Waals surface area contributed by atoms with Gasteiger partial charge in [-0.25, -0.2) is 4.68 Å². The van der Waals surface area contributed by atoms with E-state index in [0.717, 1.165) is 28.3 Å². The second kappa shape index (κ2) is 10.2. The minimum Gasteiger partial charge on any atom is -0.469 e. The highest BCUT2D eigenvalue weighted by atomic mass is 16.5. The molecule has 0 aliphatic heterocycles. The predicted octanol–water partition coefficient (Wildman–Crippen LogP) is 5.03. The van der Waals surface area contributed by atoms with Crippen molar-refractivity contribution in [3.8, 4) is 5.69 Å². The Hall–Kier alpha value is -4.13. The van der Waals surface area contributed by atoms with Gasteiger partial charge in [0.25, 0.3) is 5.91 Å². The first-order valence-corrected chi connectivity index (χ1v) is 11.1. The lowest BCUT2D eigenvalue weighted by molar-refractivity contribution is -0.140. The Labute approximate surface area is 198 Å².